The molecule has 0 saturated carbocycles. The van der Waals surface area contributed by atoms with Crippen LogP contribution in [0.4, 0.5) is 4.79 Å². The van der Waals surface area contributed by atoms with Gasteiger partial charge in [-0.3, -0.25) is 9.69 Å². The van der Waals surface area contributed by atoms with Gasteiger partial charge in [0.25, 0.3) is 0 Å². The van der Waals surface area contributed by atoms with E-state index in [1.807, 2.05) is 61.7 Å². The molecule has 0 aromatic heterocycles. The molecule has 1 heterocycles. The molecule has 0 bridgehead atoms. The maximum absolute atomic E-state index is 13.8. The molecule has 0 N–H and O–H groups in total. The van der Waals surface area contributed by atoms with Gasteiger partial charge in [0.2, 0.25) is 0 Å². The highest BCUT2D eigenvalue weighted by atomic mass is 28.3. The van der Waals surface area contributed by atoms with Crippen LogP contribution in [0.2, 0.25) is 16.6 Å². The van der Waals surface area contributed by atoms with Gasteiger partial charge in [-0.05, 0) is 45.9 Å². The van der Waals surface area contributed by atoms with Crippen molar-refractivity contribution in [3.05, 3.63) is 89.3 Å². The summed E-state index contributed by atoms with van der Waals surface area (Å²) in [6.07, 6.45) is 4.89. The molecule has 5 heteroatoms. The number of hydrogen-bond donors (Lipinski definition) is 0. The van der Waals surface area contributed by atoms with Gasteiger partial charge in [0.15, 0.2) is 5.78 Å². The molecule has 1 aliphatic rings. The van der Waals surface area contributed by atoms with Gasteiger partial charge in [-0.2, -0.15) is 0 Å². The van der Waals surface area contributed by atoms with E-state index in [0.717, 1.165) is 17.2 Å². The number of Topliss-reactive ketones (excluding diaryl/α,β-unsaturated/α-hetero) is 1. The van der Waals surface area contributed by atoms with Gasteiger partial charge in [0, 0.05) is 18.2 Å². The summed E-state index contributed by atoms with van der Waals surface area (Å²) in [5.74, 6) is 0.578. The SMILES string of the molecule is CCCC(=O)C1=CC([Si](C(C)C)(C(C)C)C(C)C)=CN(C(=O)Oc2ccccc2)C1c1ccccc1. The van der Waals surface area contributed by atoms with Crippen LogP contribution in [0.1, 0.15) is 72.9 Å². The van der Waals surface area contributed by atoms with Gasteiger partial charge in [-0.25, -0.2) is 4.79 Å². The molecular formula is C31H41NO3Si. The Bertz CT molecular complexity index is 1080. The van der Waals surface area contributed by atoms with Crippen LogP contribution in [0.25, 0.3) is 0 Å². The topological polar surface area (TPSA) is 46.6 Å². The number of rotatable bonds is 9. The maximum atomic E-state index is 13.8. The Balaban J connectivity index is 2.26. The molecule has 0 saturated heterocycles. The van der Waals surface area contributed by atoms with E-state index in [9.17, 15) is 9.59 Å². The maximum Gasteiger partial charge on any atom is 0.420 e. The third-order valence-electron chi connectivity index (χ3n) is 7.60. The van der Waals surface area contributed by atoms with E-state index in [1.54, 1.807) is 17.0 Å². The van der Waals surface area contributed by atoms with Gasteiger partial charge in [-0.15, -0.1) is 0 Å². The normalized spacial score (nSPS) is 16.3. The average Bonchev–Trinajstić information content (AvgIpc) is 2.84. The van der Waals surface area contributed by atoms with E-state index < -0.39 is 20.2 Å². The Kier molecular flexibility index (Phi) is 9.12. The number of amides is 1. The van der Waals surface area contributed by atoms with Crippen LogP contribution in [0.3, 0.4) is 0 Å². The number of ketones is 1. The molecule has 4 nitrogen and oxygen atoms in total. The van der Waals surface area contributed by atoms with Crippen LogP contribution in [0.15, 0.2) is 83.7 Å². The van der Waals surface area contributed by atoms with Crippen LogP contribution < -0.4 is 4.74 Å². The standard InChI is InChI=1S/C31H41NO3Si/c1-8-15-29(33)28-20-27(36(22(2)3,23(4)5)24(6)7)21-32(30(28)25-16-11-9-12-17-25)31(34)35-26-18-13-10-14-19-26/h9-14,16-24,30H,8,15H2,1-7H3. The minimum Gasteiger partial charge on any atom is -0.410 e. The molecule has 0 radical (unpaired) electrons. The fourth-order valence-corrected chi connectivity index (χ4v) is 13.0. The second-order valence-corrected chi connectivity index (χ2v) is 16.6. The fraction of sp³-hybridized carbons (Fsp3) is 0.419. The van der Waals surface area contributed by atoms with Crippen LogP contribution in [0, 0.1) is 0 Å². The first-order valence-electron chi connectivity index (χ1n) is 13.2. The Morgan fingerprint density at radius 2 is 1.39 bits per heavy atom. The van der Waals surface area contributed by atoms with Crippen molar-refractivity contribution in [1.29, 1.82) is 0 Å². The Morgan fingerprint density at radius 1 is 0.861 bits per heavy atom. The van der Waals surface area contributed by atoms with Crippen molar-refractivity contribution in [3.63, 3.8) is 0 Å². The molecule has 0 spiro atoms. The fourth-order valence-electron chi connectivity index (χ4n) is 6.27. The number of benzene rings is 2. The van der Waals surface area contributed by atoms with Crippen molar-refractivity contribution >= 4 is 20.0 Å². The van der Waals surface area contributed by atoms with Gasteiger partial charge >= 0.3 is 6.09 Å². The molecule has 1 amide bonds. The number of carbonyl (C=O) groups excluding carboxylic acids is 2. The zero-order chi connectivity index (χ0) is 26.5. The quantitative estimate of drug-likeness (QED) is 0.322. The molecule has 1 aliphatic heterocycles. The molecular weight excluding hydrogens is 462 g/mol. The zero-order valence-electron chi connectivity index (χ0n) is 22.8. The predicted molar refractivity (Wildman–Crippen MR) is 151 cm³/mol. The molecule has 1 atom stereocenters. The van der Waals surface area contributed by atoms with Crippen molar-refractivity contribution in [2.75, 3.05) is 0 Å². The van der Waals surface area contributed by atoms with E-state index in [1.165, 1.54) is 0 Å². The number of para-hydroxylation sites is 1. The molecule has 2 aromatic rings. The van der Waals surface area contributed by atoms with Crippen molar-refractivity contribution in [2.24, 2.45) is 0 Å². The van der Waals surface area contributed by atoms with Crippen LogP contribution >= 0.6 is 0 Å². The second kappa shape index (κ2) is 11.9. The van der Waals surface area contributed by atoms with E-state index in [4.69, 9.17) is 4.74 Å². The summed E-state index contributed by atoms with van der Waals surface area (Å²) >= 11 is 0. The summed E-state index contributed by atoms with van der Waals surface area (Å²) in [5, 5.41) is 1.15. The molecule has 1 unspecified atom stereocenters. The first-order valence-corrected chi connectivity index (χ1v) is 15.4. The summed E-state index contributed by atoms with van der Waals surface area (Å²) in [5.41, 5.74) is 2.89. The van der Waals surface area contributed by atoms with E-state index >= 15 is 0 Å². The molecule has 192 valence electrons. The minimum absolute atomic E-state index is 0.0913. The highest BCUT2D eigenvalue weighted by Gasteiger charge is 2.48. The van der Waals surface area contributed by atoms with Crippen LogP contribution in [-0.2, 0) is 4.79 Å². The Morgan fingerprint density at radius 3 is 1.89 bits per heavy atom. The van der Waals surface area contributed by atoms with Gasteiger partial charge in [-0.1, -0.05) is 103 Å². The molecule has 36 heavy (non-hydrogen) atoms. The lowest BCUT2D eigenvalue weighted by atomic mass is 9.90. The first-order chi connectivity index (χ1) is 17.1. The molecule has 3 rings (SSSR count). The average molecular weight is 504 g/mol. The van der Waals surface area contributed by atoms with Crippen molar-refractivity contribution in [2.45, 2.75) is 84.0 Å². The Labute approximate surface area is 218 Å². The summed E-state index contributed by atoms with van der Waals surface area (Å²) in [7, 11) is -2.16. The third kappa shape index (κ3) is 5.41. The minimum atomic E-state index is -2.16. The Hall–Kier alpha value is -2.92. The van der Waals surface area contributed by atoms with Crippen molar-refractivity contribution < 1.29 is 14.3 Å². The highest BCUT2D eigenvalue weighted by Crippen LogP contribution is 2.50. The van der Waals surface area contributed by atoms with Gasteiger partial charge in [0.1, 0.15) is 5.75 Å². The lowest BCUT2D eigenvalue weighted by Gasteiger charge is -2.47. The smallest absolute Gasteiger partial charge is 0.410 e. The lowest BCUT2D eigenvalue weighted by Crippen LogP contribution is -2.49. The van der Waals surface area contributed by atoms with Crippen molar-refractivity contribution in [3.8, 4) is 5.75 Å². The van der Waals surface area contributed by atoms with Crippen molar-refractivity contribution in [1.82, 2.24) is 4.90 Å². The van der Waals surface area contributed by atoms with E-state index in [0.29, 0.717) is 34.4 Å². The highest BCUT2D eigenvalue weighted by molar-refractivity contribution is 6.90. The lowest BCUT2D eigenvalue weighted by molar-refractivity contribution is -0.116. The van der Waals surface area contributed by atoms with Crippen LogP contribution in [0.5, 0.6) is 5.75 Å². The van der Waals surface area contributed by atoms with Crippen LogP contribution in [-0.4, -0.2) is 24.9 Å². The summed E-state index contributed by atoms with van der Waals surface area (Å²) in [4.78, 5) is 29.1. The summed E-state index contributed by atoms with van der Waals surface area (Å²) < 4.78 is 5.86. The first kappa shape index (κ1) is 27.7. The largest absolute Gasteiger partial charge is 0.420 e. The molecule has 0 fully saturated rings. The number of nitrogens with zero attached hydrogens (tertiary/aromatic N) is 1. The number of allylic oxidation sites excluding steroid dienone is 2. The summed E-state index contributed by atoms with van der Waals surface area (Å²) in [6.45, 7) is 15.8. The summed E-state index contributed by atoms with van der Waals surface area (Å²) in [6, 6.07) is 18.4. The van der Waals surface area contributed by atoms with E-state index in [-0.39, 0.29) is 5.78 Å². The number of ether oxygens (including phenoxy) is 1. The van der Waals surface area contributed by atoms with Gasteiger partial charge < -0.3 is 4.74 Å². The predicted octanol–water partition coefficient (Wildman–Crippen LogP) is 8.64. The zero-order valence-corrected chi connectivity index (χ0v) is 23.8. The van der Waals surface area contributed by atoms with E-state index in [2.05, 4.69) is 47.6 Å². The molecule has 2 aromatic carbocycles. The van der Waals surface area contributed by atoms with Gasteiger partial charge in [0.05, 0.1) is 14.1 Å². The number of hydrogen-bond acceptors (Lipinski definition) is 3. The monoisotopic (exact) mass is 503 g/mol. The third-order valence-corrected chi connectivity index (χ3v) is 14.6. The number of carbonyl (C=O) groups is 2. The second-order valence-electron chi connectivity index (χ2n) is 10.7. The molecule has 0 aliphatic carbocycles.